The fourth-order valence-corrected chi connectivity index (χ4v) is 2.92. The molecule has 0 saturated heterocycles. The number of aromatic nitrogens is 2. The highest BCUT2D eigenvalue weighted by Gasteiger charge is 2.36. The van der Waals surface area contributed by atoms with E-state index in [2.05, 4.69) is 26.9 Å². The van der Waals surface area contributed by atoms with Crippen LogP contribution < -0.4 is 10.6 Å². The van der Waals surface area contributed by atoms with Crippen molar-refractivity contribution in [3.8, 4) is 0 Å². The predicted octanol–water partition coefficient (Wildman–Crippen LogP) is 2.75. The number of hydrogen-bond acceptors (Lipinski definition) is 5. The van der Waals surface area contributed by atoms with E-state index in [1.54, 1.807) is 0 Å². The van der Waals surface area contributed by atoms with Gasteiger partial charge in [-0.05, 0) is 26.0 Å². The summed E-state index contributed by atoms with van der Waals surface area (Å²) in [6, 6.07) is 0. The summed E-state index contributed by atoms with van der Waals surface area (Å²) in [5, 5.41) is 6.10. The number of rotatable bonds is 6. The lowest BCUT2D eigenvalue weighted by Crippen LogP contribution is -2.40. The van der Waals surface area contributed by atoms with Crippen LogP contribution in [0.25, 0.3) is 0 Å². The van der Waals surface area contributed by atoms with Crippen LogP contribution in [0.15, 0.2) is 6.20 Å². The summed E-state index contributed by atoms with van der Waals surface area (Å²) in [5.74, 6) is 0.363. The molecular weight excluding hydrogens is 251 g/mol. The van der Waals surface area contributed by atoms with E-state index < -0.39 is 5.82 Å². The van der Waals surface area contributed by atoms with Crippen molar-refractivity contribution in [2.75, 3.05) is 30.0 Å². The Bertz CT molecular complexity index is 404. The van der Waals surface area contributed by atoms with E-state index in [0.717, 1.165) is 13.1 Å². The Hall–Kier alpha value is -1.04. The zero-order valence-electron chi connectivity index (χ0n) is 10.8. The van der Waals surface area contributed by atoms with Gasteiger partial charge in [0.2, 0.25) is 5.95 Å². The molecule has 1 aliphatic carbocycles. The minimum absolute atomic E-state index is 0.260. The molecule has 0 radical (unpaired) electrons. The second-order valence-electron chi connectivity index (χ2n) is 4.51. The number of anilines is 2. The van der Waals surface area contributed by atoms with E-state index in [-0.39, 0.29) is 4.75 Å². The molecule has 0 bridgehead atoms. The number of nitrogens with one attached hydrogen (secondary N) is 2. The van der Waals surface area contributed by atoms with Crippen molar-refractivity contribution in [1.29, 1.82) is 0 Å². The molecule has 0 atom stereocenters. The van der Waals surface area contributed by atoms with Crippen molar-refractivity contribution in [1.82, 2.24) is 9.97 Å². The van der Waals surface area contributed by atoms with Gasteiger partial charge in [-0.2, -0.15) is 16.7 Å². The van der Waals surface area contributed by atoms with Gasteiger partial charge in [0.1, 0.15) is 0 Å². The molecule has 0 aromatic carbocycles. The lowest BCUT2D eigenvalue weighted by atomic mass is 9.84. The van der Waals surface area contributed by atoms with Crippen molar-refractivity contribution in [2.45, 2.75) is 30.9 Å². The van der Waals surface area contributed by atoms with Gasteiger partial charge in [0, 0.05) is 17.8 Å². The van der Waals surface area contributed by atoms with E-state index in [1.165, 1.54) is 25.5 Å². The third-order valence-electron chi connectivity index (χ3n) is 3.35. The van der Waals surface area contributed by atoms with Crippen molar-refractivity contribution in [3.63, 3.8) is 0 Å². The van der Waals surface area contributed by atoms with E-state index in [1.807, 2.05) is 18.7 Å². The molecule has 6 heteroatoms. The molecule has 18 heavy (non-hydrogen) atoms. The van der Waals surface area contributed by atoms with Crippen molar-refractivity contribution in [3.05, 3.63) is 12.0 Å². The maximum absolute atomic E-state index is 13.6. The molecule has 0 amide bonds. The standard InChI is InChI=1S/C12H19FN4S/c1-3-14-11-15-7-9(13)10(17-11)16-8-12(18-2)5-4-6-12/h7H,3-6,8H2,1-2H3,(H2,14,15,16,17). The summed E-state index contributed by atoms with van der Waals surface area (Å²) in [7, 11) is 0. The first-order valence-corrected chi connectivity index (χ1v) is 7.47. The van der Waals surface area contributed by atoms with Crippen molar-refractivity contribution in [2.24, 2.45) is 0 Å². The molecule has 0 aliphatic heterocycles. The number of nitrogens with zero attached hydrogens (tertiary/aromatic N) is 2. The summed E-state index contributed by atoms with van der Waals surface area (Å²) in [5.41, 5.74) is 0. The first-order chi connectivity index (χ1) is 8.69. The Labute approximate surface area is 111 Å². The van der Waals surface area contributed by atoms with Gasteiger partial charge >= 0.3 is 0 Å². The zero-order valence-corrected chi connectivity index (χ0v) is 11.6. The lowest BCUT2D eigenvalue weighted by molar-refractivity contribution is 0.379. The SMILES string of the molecule is CCNc1ncc(F)c(NCC2(SC)CCC2)n1. The third kappa shape index (κ3) is 2.85. The van der Waals surface area contributed by atoms with E-state index in [4.69, 9.17) is 0 Å². The second-order valence-corrected chi connectivity index (χ2v) is 5.79. The van der Waals surface area contributed by atoms with Gasteiger partial charge in [0.25, 0.3) is 0 Å². The predicted molar refractivity (Wildman–Crippen MR) is 74.7 cm³/mol. The van der Waals surface area contributed by atoms with Crippen LogP contribution in [0.4, 0.5) is 16.2 Å². The van der Waals surface area contributed by atoms with Crippen molar-refractivity contribution < 1.29 is 4.39 Å². The Balaban J connectivity index is 2.01. The van der Waals surface area contributed by atoms with Gasteiger partial charge in [-0.3, -0.25) is 0 Å². The molecule has 1 aromatic rings. The molecular formula is C12H19FN4S. The fraction of sp³-hybridized carbons (Fsp3) is 0.667. The Morgan fingerprint density at radius 3 is 2.78 bits per heavy atom. The maximum atomic E-state index is 13.6. The van der Waals surface area contributed by atoms with Crippen LogP contribution in [-0.2, 0) is 0 Å². The molecule has 1 fully saturated rings. The normalized spacial score (nSPS) is 17.1. The van der Waals surface area contributed by atoms with E-state index in [9.17, 15) is 4.39 Å². The molecule has 4 nitrogen and oxygen atoms in total. The van der Waals surface area contributed by atoms with Crippen LogP contribution in [-0.4, -0.2) is 34.1 Å². The van der Waals surface area contributed by atoms with Crippen LogP contribution in [0, 0.1) is 5.82 Å². The third-order valence-corrected chi connectivity index (χ3v) is 4.77. The van der Waals surface area contributed by atoms with Gasteiger partial charge in [-0.25, -0.2) is 9.37 Å². The average molecular weight is 270 g/mol. The molecule has 100 valence electrons. The summed E-state index contributed by atoms with van der Waals surface area (Å²) in [6.45, 7) is 3.43. The highest BCUT2D eigenvalue weighted by Crippen LogP contribution is 2.42. The fourth-order valence-electron chi connectivity index (χ4n) is 2.00. The Morgan fingerprint density at radius 2 is 2.22 bits per heavy atom. The average Bonchev–Trinajstić information content (AvgIpc) is 2.32. The van der Waals surface area contributed by atoms with Crippen LogP contribution >= 0.6 is 11.8 Å². The molecule has 2 rings (SSSR count). The van der Waals surface area contributed by atoms with Gasteiger partial charge in [-0.15, -0.1) is 0 Å². The van der Waals surface area contributed by atoms with Gasteiger partial charge in [0.05, 0.1) is 6.20 Å². The minimum Gasteiger partial charge on any atom is -0.366 e. The van der Waals surface area contributed by atoms with Gasteiger partial charge in [-0.1, -0.05) is 6.42 Å². The van der Waals surface area contributed by atoms with Gasteiger partial charge in [0.15, 0.2) is 11.6 Å². The van der Waals surface area contributed by atoms with E-state index >= 15 is 0 Å². The summed E-state index contributed by atoms with van der Waals surface area (Å²) < 4.78 is 13.8. The first kappa shape index (κ1) is 13.4. The molecule has 1 aromatic heterocycles. The smallest absolute Gasteiger partial charge is 0.224 e. The summed E-state index contributed by atoms with van der Waals surface area (Å²) in [6.07, 6.45) is 6.96. The topological polar surface area (TPSA) is 49.8 Å². The van der Waals surface area contributed by atoms with Crippen LogP contribution in [0.3, 0.4) is 0 Å². The molecule has 1 saturated carbocycles. The van der Waals surface area contributed by atoms with Crippen LogP contribution in [0.2, 0.25) is 0 Å². The summed E-state index contributed by atoms with van der Waals surface area (Å²) >= 11 is 1.85. The number of halogens is 1. The van der Waals surface area contributed by atoms with E-state index in [0.29, 0.717) is 11.8 Å². The summed E-state index contributed by atoms with van der Waals surface area (Å²) in [4.78, 5) is 8.03. The first-order valence-electron chi connectivity index (χ1n) is 6.24. The zero-order chi connectivity index (χ0) is 13.0. The number of hydrogen-bond donors (Lipinski definition) is 2. The second kappa shape index (κ2) is 5.73. The van der Waals surface area contributed by atoms with Gasteiger partial charge < -0.3 is 10.6 Å². The quantitative estimate of drug-likeness (QED) is 0.832. The lowest BCUT2D eigenvalue weighted by Gasteiger charge is -2.40. The minimum atomic E-state index is -0.396. The largest absolute Gasteiger partial charge is 0.366 e. The Morgan fingerprint density at radius 1 is 1.44 bits per heavy atom. The number of thioether (sulfide) groups is 1. The Kier molecular flexibility index (Phi) is 4.27. The highest BCUT2D eigenvalue weighted by molar-refractivity contribution is 8.00. The monoisotopic (exact) mass is 270 g/mol. The highest BCUT2D eigenvalue weighted by atomic mass is 32.2. The molecule has 0 unspecified atom stereocenters. The van der Waals surface area contributed by atoms with Crippen molar-refractivity contribution >= 4 is 23.5 Å². The maximum Gasteiger partial charge on any atom is 0.224 e. The molecule has 1 heterocycles. The van der Waals surface area contributed by atoms with Crippen LogP contribution in [0.5, 0.6) is 0 Å². The molecule has 2 N–H and O–H groups in total. The van der Waals surface area contributed by atoms with Crippen LogP contribution in [0.1, 0.15) is 26.2 Å². The molecule has 1 aliphatic rings. The molecule has 0 spiro atoms.